The Bertz CT molecular complexity index is 266. The summed E-state index contributed by atoms with van der Waals surface area (Å²) in [6.45, 7) is 13.1. The molecule has 0 aromatic carbocycles. The van der Waals surface area contributed by atoms with Crippen LogP contribution in [0.2, 0.25) is 18.1 Å². The third-order valence-electron chi connectivity index (χ3n) is 4.23. The molecule has 1 aliphatic rings. The summed E-state index contributed by atoms with van der Waals surface area (Å²) < 4.78 is 6.33. The van der Waals surface area contributed by atoms with E-state index in [1.165, 1.54) is 0 Å². The normalized spacial score (nSPS) is 27.1. The summed E-state index contributed by atoms with van der Waals surface area (Å²) in [6.07, 6.45) is 3.36. The maximum absolute atomic E-state index is 11.3. The molecule has 0 radical (unpaired) electrons. The summed E-state index contributed by atoms with van der Waals surface area (Å²) in [5.41, 5.74) is 0. The van der Waals surface area contributed by atoms with E-state index in [2.05, 4.69) is 33.9 Å². The Labute approximate surface area is 101 Å². The summed E-state index contributed by atoms with van der Waals surface area (Å²) in [4.78, 5) is 11.3. The molecule has 94 valence electrons. The zero-order chi connectivity index (χ0) is 12.6. The van der Waals surface area contributed by atoms with Crippen LogP contribution in [0.5, 0.6) is 0 Å². The second-order valence-corrected chi connectivity index (χ2v) is 11.4. The van der Waals surface area contributed by atoms with E-state index < -0.39 is 8.32 Å². The van der Waals surface area contributed by atoms with Gasteiger partial charge in [0.15, 0.2) is 8.32 Å². The van der Waals surface area contributed by atoms with Crippen LogP contribution in [0.3, 0.4) is 0 Å². The first kappa shape index (κ1) is 13.9. The minimum atomic E-state index is -1.65. The van der Waals surface area contributed by atoms with Crippen LogP contribution in [-0.4, -0.2) is 20.2 Å². The van der Waals surface area contributed by atoms with Crippen molar-refractivity contribution in [3.8, 4) is 0 Å². The molecule has 16 heavy (non-hydrogen) atoms. The highest BCUT2D eigenvalue weighted by Gasteiger charge is 2.41. The van der Waals surface area contributed by atoms with Gasteiger partial charge in [-0.1, -0.05) is 20.8 Å². The first-order valence-electron chi connectivity index (χ1n) is 6.32. The van der Waals surface area contributed by atoms with Crippen molar-refractivity contribution in [1.82, 2.24) is 0 Å². The SMILES string of the molecule is CC(=O)[C@H]1CC[C@H](O[Si](C)(C)C(C)(C)C)C1. The first-order valence-corrected chi connectivity index (χ1v) is 9.22. The van der Waals surface area contributed by atoms with Gasteiger partial charge in [-0.3, -0.25) is 4.79 Å². The van der Waals surface area contributed by atoms with Gasteiger partial charge in [-0.25, -0.2) is 0 Å². The standard InChI is InChI=1S/C13H26O2Si/c1-10(14)11-7-8-12(9-11)15-16(5,6)13(2,3)4/h11-12H,7-9H2,1-6H3/t11-,12-/m0/s1. The average molecular weight is 242 g/mol. The van der Waals surface area contributed by atoms with Crippen molar-refractivity contribution in [2.75, 3.05) is 0 Å². The molecule has 0 N–H and O–H groups in total. The summed E-state index contributed by atoms with van der Waals surface area (Å²) >= 11 is 0. The van der Waals surface area contributed by atoms with Gasteiger partial charge in [0.2, 0.25) is 0 Å². The summed E-state index contributed by atoms with van der Waals surface area (Å²) in [6, 6.07) is 0. The van der Waals surface area contributed by atoms with E-state index in [9.17, 15) is 4.79 Å². The van der Waals surface area contributed by atoms with E-state index in [1.54, 1.807) is 6.92 Å². The fourth-order valence-corrected chi connectivity index (χ4v) is 3.41. The van der Waals surface area contributed by atoms with Crippen molar-refractivity contribution in [2.45, 2.75) is 71.2 Å². The molecule has 0 bridgehead atoms. The molecule has 0 aromatic heterocycles. The van der Waals surface area contributed by atoms with Gasteiger partial charge < -0.3 is 4.43 Å². The second-order valence-electron chi connectivity index (χ2n) is 6.62. The van der Waals surface area contributed by atoms with Gasteiger partial charge in [0.1, 0.15) is 5.78 Å². The molecule has 3 heteroatoms. The van der Waals surface area contributed by atoms with Crippen LogP contribution in [0.1, 0.15) is 47.0 Å². The number of ketones is 1. The highest BCUT2D eigenvalue weighted by molar-refractivity contribution is 6.74. The zero-order valence-corrected chi connectivity index (χ0v) is 12.6. The van der Waals surface area contributed by atoms with E-state index in [1.807, 2.05) is 0 Å². The van der Waals surface area contributed by atoms with Crippen LogP contribution in [-0.2, 0) is 9.22 Å². The molecule has 2 atom stereocenters. The number of rotatable bonds is 3. The minimum absolute atomic E-state index is 0.259. The van der Waals surface area contributed by atoms with Crippen LogP contribution < -0.4 is 0 Å². The Kier molecular flexibility index (Phi) is 4.01. The molecular formula is C13H26O2Si. The number of hydrogen-bond donors (Lipinski definition) is 0. The molecule has 0 aromatic rings. The van der Waals surface area contributed by atoms with Crippen molar-refractivity contribution in [3.63, 3.8) is 0 Å². The van der Waals surface area contributed by atoms with Gasteiger partial charge in [0, 0.05) is 12.0 Å². The van der Waals surface area contributed by atoms with Gasteiger partial charge >= 0.3 is 0 Å². The highest BCUT2D eigenvalue weighted by Crippen LogP contribution is 2.40. The van der Waals surface area contributed by atoms with E-state index in [-0.39, 0.29) is 11.0 Å². The van der Waals surface area contributed by atoms with Crippen molar-refractivity contribution in [2.24, 2.45) is 5.92 Å². The van der Waals surface area contributed by atoms with Crippen molar-refractivity contribution >= 4 is 14.1 Å². The fourth-order valence-electron chi connectivity index (χ4n) is 2.01. The Morgan fingerprint density at radius 3 is 2.19 bits per heavy atom. The van der Waals surface area contributed by atoms with Gasteiger partial charge in [-0.2, -0.15) is 0 Å². The molecule has 2 nitrogen and oxygen atoms in total. The van der Waals surface area contributed by atoms with Gasteiger partial charge in [-0.15, -0.1) is 0 Å². The summed E-state index contributed by atoms with van der Waals surface area (Å²) in [5.74, 6) is 0.594. The number of carbonyl (C=O) groups excluding carboxylic acids is 1. The van der Waals surface area contributed by atoms with Crippen molar-refractivity contribution in [3.05, 3.63) is 0 Å². The second kappa shape index (κ2) is 4.61. The van der Waals surface area contributed by atoms with Gasteiger partial charge in [0.25, 0.3) is 0 Å². The van der Waals surface area contributed by atoms with E-state index in [0.717, 1.165) is 19.3 Å². The van der Waals surface area contributed by atoms with Crippen LogP contribution in [0.15, 0.2) is 0 Å². The molecule has 0 spiro atoms. The lowest BCUT2D eigenvalue weighted by Gasteiger charge is -2.38. The molecule has 0 heterocycles. The van der Waals surface area contributed by atoms with E-state index >= 15 is 0 Å². The minimum Gasteiger partial charge on any atom is -0.414 e. The molecule has 0 unspecified atom stereocenters. The maximum atomic E-state index is 11.3. The Morgan fingerprint density at radius 1 is 1.25 bits per heavy atom. The smallest absolute Gasteiger partial charge is 0.192 e. The third-order valence-corrected chi connectivity index (χ3v) is 8.76. The number of Topliss-reactive ketones (excluding diaryl/α,β-unsaturated/α-hetero) is 1. The molecule has 1 saturated carbocycles. The first-order chi connectivity index (χ1) is 7.13. The Hall–Kier alpha value is -0.153. The summed E-state index contributed by atoms with van der Waals surface area (Å²) in [7, 11) is -1.65. The van der Waals surface area contributed by atoms with E-state index in [4.69, 9.17) is 4.43 Å². The molecule has 1 rings (SSSR count). The molecular weight excluding hydrogens is 216 g/mol. The average Bonchev–Trinajstić information content (AvgIpc) is 2.49. The van der Waals surface area contributed by atoms with Gasteiger partial charge in [0.05, 0.1) is 0 Å². The fraction of sp³-hybridized carbons (Fsp3) is 0.923. The zero-order valence-electron chi connectivity index (χ0n) is 11.6. The Morgan fingerprint density at radius 2 is 1.81 bits per heavy atom. The van der Waals surface area contributed by atoms with E-state index in [0.29, 0.717) is 11.9 Å². The van der Waals surface area contributed by atoms with Crippen LogP contribution in [0.25, 0.3) is 0 Å². The molecule has 0 aliphatic heterocycles. The van der Waals surface area contributed by atoms with Crippen LogP contribution >= 0.6 is 0 Å². The highest BCUT2D eigenvalue weighted by atomic mass is 28.4. The van der Waals surface area contributed by atoms with Crippen LogP contribution in [0, 0.1) is 5.92 Å². The number of hydrogen-bond acceptors (Lipinski definition) is 2. The maximum Gasteiger partial charge on any atom is 0.192 e. The quantitative estimate of drug-likeness (QED) is 0.704. The monoisotopic (exact) mass is 242 g/mol. The largest absolute Gasteiger partial charge is 0.414 e. The molecule has 1 fully saturated rings. The summed E-state index contributed by atoms with van der Waals surface area (Å²) in [5, 5.41) is 0.265. The lowest BCUT2D eigenvalue weighted by molar-refractivity contribution is -0.120. The lowest BCUT2D eigenvalue weighted by atomic mass is 10.0. The van der Waals surface area contributed by atoms with Crippen LogP contribution in [0.4, 0.5) is 0 Å². The van der Waals surface area contributed by atoms with Gasteiger partial charge in [-0.05, 0) is 44.3 Å². The topological polar surface area (TPSA) is 26.3 Å². The number of carbonyl (C=O) groups is 1. The third kappa shape index (κ3) is 3.17. The Balaban J connectivity index is 2.54. The van der Waals surface area contributed by atoms with Crippen molar-refractivity contribution < 1.29 is 9.22 Å². The molecule has 1 aliphatic carbocycles. The lowest BCUT2D eigenvalue weighted by Crippen LogP contribution is -2.43. The molecule has 0 amide bonds. The predicted molar refractivity (Wildman–Crippen MR) is 70.1 cm³/mol. The molecule has 0 saturated heterocycles. The predicted octanol–water partition coefficient (Wildman–Crippen LogP) is 3.77. The van der Waals surface area contributed by atoms with Crippen molar-refractivity contribution in [1.29, 1.82) is 0 Å².